The predicted molar refractivity (Wildman–Crippen MR) is 108 cm³/mol. The van der Waals surface area contributed by atoms with Gasteiger partial charge in [-0.05, 0) is 49.6 Å². The summed E-state index contributed by atoms with van der Waals surface area (Å²) >= 11 is 6.46. The number of rotatable bonds is 5. The lowest BCUT2D eigenvalue weighted by Crippen LogP contribution is -2.45. The quantitative estimate of drug-likeness (QED) is 0.670. The predicted octanol–water partition coefficient (Wildman–Crippen LogP) is 4.82. The SMILES string of the molecule is Cc1nn(-c2ccc(F)cc2)c(Cl)c1C(=O)NCC1(c2ccccc2)CCC1. The van der Waals surface area contributed by atoms with Crippen molar-refractivity contribution in [3.8, 4) is 5.69 Å². The number of amides is 1. The molecule has 28 heavy (non-hydrogen) atoms. The summed E-state index contributed by atoms with van der Waals surface area (Å²) in [4.78, 5) is 12.9. The molecule has 2 aromatic carbocycles. The molecule has 1 heterocycles. The van der Waals surface area contributed by atoms with Gasteiger partial charge in [0.1, 0.15) is 11.0 Å². The molecule has 0 atom stereocenters. The van der Waals surface area contributed by atoms with Crippen molar-refractivity contribution in [2.75, 3.05) is 6.54 Å². The Bertz CT molecular complexity index is 995. The molecule has 1 fully saturated rings. The molecule has 4 rings (SSSR count). The van der Waals surface area contributed by atoms with Crippen LogP contribution in [0.25, 0.3) is 5.69 Å². The van der Waals surface area contributed by atoms with Crippen molar-refractivity contribution in [3.05, 3.63) is 82.4 Å². The maximum Gasteiger partial charge on any atom is 0.256 e. The Balaban J connectivity index is 1.55. The third-order valence-electron chi connectivity index (χ3n) is 5.59. The molecule has 1 aromatic heterocycles. The van der Waals surface area contributed by atoms with Crippen molar-refractivity contribution < 1.29 is 9.18 Å². The van der Waals surface area contributed by atoms with E-state index in [4.69, 9.17) is 11.6 Å². The van der Waals surface area contributed by atoms with Gasteiger partial charge in [-0.1, -0.05) is 48.4 Å². The van der Waals surface area contributed by atoms with Gasteiger partial charge in [-0.2, -0.15) is 5.10 Å². The Morgan fingerprint density at radius 1 is 1.18 bits per heavy atom. The second-order valence-electron chi connectivity index (χ2n) is 7.32. The molecular weight excluding hydrogens is 377 g/mol. The Morgan fingerprint density at radius 2 is 1.86 bits per heavy atom. The number of nitrogens with zero attached hydrogens (tertiary/aromatic N) is 2. The first-order valence-corrected chi connectivity index (χ1v) is 9.73. The minimum absolute atomic E-state index is 0.00967. The van der Waals surface area contributed by atoms with E-state index in [1.54, 1.807) is 19.1 Å². The molecule has 3 aromatic rings. The van der Waals surface area contributed by atoms with Gasteiger partial charge >= 0.3 is 0 Å². The van der Waals surface area contributed by atoms with E-state index in [0.29, 0.717) is 23.5 Å². The summed E-state index contributed by atoms with van der Waals surface area (Å²) in [5.74, 6) is -0.577. The number of hydrogen-bond donors (Lipinski definition) is 1. The normalized spacial score (nSPS) is 15.1. The maximum atomic E-state index is 13.2. The maximum absolute atomic E-state index is 13.2. The van der Waals surface area contributed by atoms with Crippen LogP contribution in [-0.2, 0) is 5.41 Å². The van der Waals surface area contributed by atoms with Crippen LogP contribution in [-0.4, -0.2) is 22.2 Å². The highest BCUT2D eigenvalue weighted by atomic mass is 35.5. The fourth-order valence-electron chi connectivity index (χ4n) is 3.81. The third kappa shape index (κ3) is 3.31. The molecule has 0 aliphatic heterocycles. The first kappa shape index (κ1) is 18.7. The van der Waals surface area contributed by atoms with Gasteiger partial charge in [-0.25, -0.2) is 9.07 Å². The fourth-order valence-corrected chi connectivity index (χ4v) is 4.17. The van der Waals surface area contributed by atoms with E-state index in [1.807, 2.05) is 18.2 Å². The fraction of sp³-hybridized carbons (Fsp3) is 0.273. The van der Waals surface area contributed by atoms with Crippen molar-refractivity contribution in [2.24, 2.45) is 0 Å². The van der Waals surface area contributed by atoms with Gasteiger partial charge in [0.05, 0.1) is 16.9 Å². The smallest absolute Gasteiger partial charge is 0.256 e. The van der Waals surface area contributed by atoms with E-state index in [9.17, 15) is 9.18 Å². The Hall–Kier alpha value is -2.66. The van der Waals surface area contributed by atoms with Gasteiger partial charge in [0.2, 0.25) is 0 Å². The number of nitrogens with one attached hydrogen (secondary N) is 1. The first-order valence-electron chi connectivity index (χ1n) is 9.35. The molecule has 144 valence electrons. The number of benzene rings is 2. The average Bonchev–Trinajstić information content (AvgIpc) is 2.96. The summed E-state index contributed by atoms with van der Waals surface area (Å²) in [6.45, 7) is 2.31. The summed E-state index contributed by atoms with van der Waals surface area (Å²) in [6, 6.07) is 16.1. The van der Waals surface area contributed by atoms with Crippen LogP contribution in [0.3, 0.4) is 0 Å². The lowest BCUT2D eigenvalue weighted by Gasteiger charge is -2.42. The zero-order valence-electron chi connectivity index (χ0n) is 15.6. The van der Waals surface area contributed by atoms with Gasteiger partial charge in [0.15, 0.2) is 0 Å². The number of carbonyl (C=O) groups excluding carboxylic acids is 1. The topological polar surface area (TPSA) is 46.9 Å². The molecule has 0 bridgehead atoms. The number of aromatic nitrogens is 2. The average molecular weight is 398 g/mol. The molecule has 1 aliphatic rings. The van der Waals surface area contributed by atoms with Crippen molar-refractivity contribution in [2.45, 2.75) is 31.6 Å². The monoisotopic (exact) mass is 397 g/mol. The molecule has 0 radical (unpaired) electrons. The van der Waals surface area contributed by atoms with Crippen molar-refractivity contribution in [1.82, 2.24) is 15.1 Å². The summed E-state index contributed by atoms with van der Waals surface area (Å²) < 4.78 is 14.6. The van der Waals surface area contributed by atoms with Crippen molar-refractivity contribution in [1.29, 1.82) is 0 Å². The summed E-state index contributed by atoms with van der Waals surface area (Å²) in [5.41, 5.74) is 2.74. The number of aryl methyl sites for hydroxylation is 1. The zero-order chi connectivity index (χ0) is 19.7. The molecule has 0 unspecified atom stereocenters. The highest BCUT2D eigenvalue weighted by Gasteiger charge is 2.39. The third-order valence-corrected chi connectivity index (χ3v) is 5.94. The van der Waals surface area contributed by atoms with Crippen LogP contribution in [0.15, 0.2) is 54.6 Å². The Kier molecular flexibility index (Phi) is 4.94. The molecule has 0 saturated heterocycles. The second-order valence-corrected chi connectivity index (χ2v) is 7.68. The molecule has 1 N–H and O–H groups in total. The Labute approximate surface area is 168 Å². The molecule has 1 amide bonds. The van der Waals surface area contributed by atoms with Crippen molar-refractivity contribution >= 4 is 17.5 Å². The first-order chi connectivity index (χ1) is 13.5. The van der Waals surface area contributed by atoms with E-state index in [1.165, 1.54) is 22.4 Å². The van der Waals surface area contributed by atoms with Gasteiger partial charge < -0.3 is 5.32 Å². The van der Waals surface area contributed by atoms with Crippen LogP contribution in [0.4, 0.5) is 4.39 Å². The molecule has 6 heteroatoms. The van der Waals surface area contributed by atoms with Gasteiger partial charge in [0.25, 0.3) is 5.91 Å². The van der Waals surface area contributed by atoms with Crippen LogP contribution in [0.5, 0.6) is 0 Å². The van der Waals surface area contributed by atoms with Gasteiger partial charge in [-0.15, -0.1) is 0 Å². The van der Waals surface area contributed by atoms with E-state index in [-0.39, 0.29) is 22.3 Å². The zero-order valence-corrected chi connectivity index (χ0v) is 16.3. The molecule has 4 nitrogen and oxygen atoms in total. The molecule has 1 saturated carbocycles. The lowest BCUT2D eigenvalue weighted by molar-refractivity contribution is 0.0927. The van der Waals surface area contributed by atoms with E-state index < -0.39 is 0 Å². The summed E-state index contributed by atoms with van der Waals surface area (Å²) in [7, 11) is 0. The standard InChI is InChI=1S/C22H21ClFN3O/c1-15-19(20(23)27(26-15)18-10-8-17(24)9-11-18)21(28)25-14-22(12-5-13-22)16-6-3-2-4-7-16/h2-4,6-11H,5,12-14H2,1H3,(H,25,28). The highest BCUT2D eigenvalue weighted by Crippen LogP contribution is 2.43. The van der Waals surface area contributed by atoms with Gasteiger partial charge in [0, 0.05) is 12.0 Å². The van der Waals surface area contributed by atoms with Crippen LogP contribution in [0.2, 0.25) is 5.15 Å². The van der Waals surface area contributed by atoms with E-state index in [2.05, 4.69) is 22.5 Å². The van der Waals surface area contributed by atoms with Crippen LogP contribution < -0.4 is 5.32 Å². The highest BCUT2D eigenvalue weighted by molar-refractivity contribution is 6.33. The molecule has 1 aliphatic carbocycles. The van der Waals surface area contributed by atoms with Crippen LogP contribution in [0.1, 0.15) is 40.9 Å². The summed E-state index contributed by atoms with van der Waals surface area (Å²) in [6.07, 6.45) is 3.27. The van der Waals surface area contributed by atoms with Crippen LogP contribution in [0, 0.1) is 12.7 Å². The van der Waals surface area contributed by atoms with E-state index in [0.717, 1.165) is 19.3 Å². The second kappa shape index (κ2) is 7.40. The molecule has 0 spiro atoms. The lowest BCUT2D eigenvalue weighted by atomic mass is 9.64. The van der Waals surface area contributed by atoms with Crippen molar-refractivity contribution in [3.63, 3.8) is 0 Å². The minimum atomic E-state index is -0.339. The Morgan fingerprint density at radius 3 is 2.46 bits per heavy atom. The largest absolute Gasteiger partial charge is 0.351 e. The van der Waals surface area contributed by atoms with E-state index >= 15 is 0 Å². The number of hydrogen-bond acceptors (Lipinski definition) is 2. The van der Waals surface area contributed by atoms with Crippen LogP contribution >= 0.6 is 11.6 Å². The number of halogens is 2. The molecular formula is C22H21ClFN3O. The van der Waals surface area contributed by atoms with Gasteiger partial charge in [-0.3, -0.25) is 4.79 Å². The minimum Gasteiger partial charge on any atom is -0.351 e. The number of carbonyl (C=O) groups is 1. The summed E-state index contributed by atoms with van der Waals surface area (Å²) in [5, 5.41) is 7.65.